The van der Waals surface area contributed by atoms with Crippen LogP contribution in [-0.2, 0) is 6.42 Å². The van der Waals surface area contributed by atoms with Crippen molar-refractivity contribution < 1.29 is 17.9 Å². The first-order valence-electron chi connectivity index (χ1n) is 7.53. The molecular weight excluding hydrogens is 279 g/mol. The van der Waals surface area contributed by atoms with E-state index in [0.717, 1.165) is 42.7 Å². The number of likely N-dealkylation sites (tertiary alicyclic amines) is 1. The number of fused-ring (bicyclic) bond motifs is 1. The van der Waals surface area contributed by atoms with Gasteiger partial charge in [-0.15, -0.1) is 13.2 Å². The van der Waals surface area contributed by atoms with Crippen molar-refractivity contribution >= 4 is 0 Å². The Morgan fingerprint density at radius 1 is 1.24 bits per heavy atom. The molecule has 0 bridgehead atoms. The molecule has 2 atom stereocenters. The quantitative estimate of drug-likeness (QED) is 0.821. The molecule has 116 valence electrons. The molecule has 5 heteroatoms. The van der Waals surface area contributed by atoms with Gasteiger partial charge in [-0.25, -0.2) is 0 Å². The summed E-state index contributed by atoms with van der Waals surface area (Å²) in [5, 5.41) is 0. The summed E-state index contributed by atoms with van der Waals surface area (Å²) in [6.07, 6.45) is -2.71. The van der Waals surface area contributed by atoms with Gasteiger partial charge < -0.3 is 9.64 Å². The lowest BCUT2D eigenvalue weighted by molar-refractivity contribution is -0.274. The van der Waals surface area contributed by atoms with Crippen LogP contribution in [0.1, 0.15) is 18.9 Å². The highest BCUT2D eigenvalue weighted by Gasteiger charge is 2.54. The van der Waals surface area contributed by atoms with E-state index in [1.54, 1.807) is 6.07 Å². The number of piperidine rings is 1. The van der Waals surface area contributed by atoms with E-state index in [4.69, 9.17) is 0 Å². The zero-order valence-electron chi connectivity index (χ0n) is 12.1. The van der Waals surface area contributed by atoms with E-state index in [1.807, 2.05) is 6.07 Å². The topological polar surface area (TPSA) is 12.5 Å². The molecule has 0 amide bonds. The van der Waals surface area contributed by atoms with Gasteiger partial charge >= 0.3 is 6.36 Å². The third kappa shape index (κ3) is 3.51. The van der Waals surface area contributed by atoms with Crippen molar-refractivity contribution in [3.63, 3.8) is 0 Å². The largest absolute Gasteiger partial charge is 0.573 e. The average molecular weight is 299 g/mol. The fourth-order valence-electron chi connectivity index (χ4n) is 3.65. The summed E-state index contributed by atoms with van der Waals surface area (Å²) < 4.78 is 40.6. The van der Waals surface area contributed by atoms with Crippen LogP contribution >= 0.6 is 0 Å². The molecular formula is C16H20F3NO. The zero-order valence-corrected chi connectivity index (χ0v) is 12.1. The number of benzene rings is 1. The Labute approximate surface area is 122 Å². The van der Waals surface area contributed by atoms with E-state index in [-0.39, 0.29) is 5.75 Å². The molecule has 3 rings (SSSR count). The Kier molecular flexibility index (Phi) is 3.86. The van der Waals surface area contributed by atoms with Gasteiger partial charge in [-0.1, -0.05) is 19.1 Å². The fraction of sp³-hybridized carbons (Fsp3) is 0.625. The van der Waals surface area contributed by atoms with Gasteiger partial charge in [0.1, 0.15) is 5.75 Å². The van der Waals surface area contributed by atoms with Crippen molar-refractivity contribution in [2.45, 2.75) is 26.1 Å². The van der Waals surface area contributed by atoms with Crippen molar-refractivity contribution in [2.24, 2.45) is 17.8 Å². The molecule has 1 aromatic carbocycles. The van der Waals surface area contributed by atoms with Gasteiger partial charge in [-0.05, 0) is 54.8 Å². The summed E-state index contributed by atoms with van der Waals surface area (Å²) in [7, 11) is 0. The first kappa shape index (κ1) is 14.7. The molecule has 2 nitrogen and oxygen atoms in total. The highest BCUT2D eigenvalue weighted by molar-refractivity contribution is 5.29. The summed E-state index contributed by atoms with van der Waals surface area (Å²) >= 11 is 0. The molecule has 1 aromatic rings. The maximum atomic E-state index is 12.2. The minimum absolute atomic E-state index is 0.117. The lowest BCUT2D eigenvalue weighted by Gasteiger charge is -2.16. The molecule has 1 aliphatic heterocycles. The van der Waals surface area contributed by atoms with Gasteiger partial charge in [-0.2, -0.15) is 0 Å². The van der Waals surface area contributed by atoms with Crippen LogP contribution in [0.2, 0.25) is 0 Å². The van der Waals surface area contributed by atoms with Crippen molar-refractivity contribution in [1.29, 1.82) is 0 Å². The summed E-state index contributed by atoms with van der Waals surface area (Å²) in [6.45, 7) is 5.70. The van der Waals surface area contributed by atoms with Gasteiger partial charge in [0.25, 0.3) is 0 Å². The molecule has 21 heavy (non-hydrogen) atoms. The van der Waals surface area contributed by atoms with E-state index < -0.39 is 6.36 Å². The molecule has 0 aromatic heterocycles. The molecule has 1 saturated carbocycles. The van der Waals surface area contributed by atoms with Gasteiger partial charge in [0.2, 0.25) is 0 Å². The van der Waals surface area contributed by atoms with Crippen LogP contribution in [0.4, 0.5) is 13.2 Å². The summed E-state index contributed by atoms with van der Waals surface area (Å²) in [4.78, 5) is 2.48. The molecule has 1 heterocycles. The second kappa shape index (κ2) is 5.52. The Bertz CT molecular complexity index is 491. The maximum Gasteiger partial charge on any atom is 0.573 e. The highest BCUT2D eigenvalue weighted by atomic mass is 19.4. The number of hydrogen-bond donors (Lipinski definition) is 0. The van der Waals surface area contributed by atoms with Crippen LogP contribution in [0.15, 0.2) is 24.3 Å². The van der Waals surface area contributed by atoms with E-state index in [0.29, 0.717) is 0 Å². The van der Waals surface area contributed by atoms with Crippen molar-refractivity contribution in [3.8, 4) is 5.75 Å². The SMILES string of the molecule is CCN1CC2C(CCc3cccc(OC(F)(F)F)c3)C2C1. The van der Waals surface area contributed by atoms with E-state index in [2.05, 4.69) is 16.6 Å². The second-order valence-electron chi connectivity index (χ2n) is 6.08. The Morgan fingerprint density at radius 3 is 2.57 bits per heavy atom. The van der Waals surface area contributed by atoms with Crippen molar-refractivity contribution in [1.82, 2.24) is 4.90 Å². The van der Waals surface area contributed by atoms with Crippen LogP contribution in [0.25, 0.3) is 0 Å². The maximum absolute atomic E-state index is 12.2. The fourth-order valence-corrected chi connectivity index (χ4v) is 3.65. The molecule has 2 unspecified atom stereocenters. The second-order valence-corrected chi connectivity index (χ2v) is 6.08. The molecule has 2 aliphatic rings. The molecule has 0 spiro atoms. The molecule has 1 aliphatic carbocycles. The van der Waals surface area contributed by atoms with Gasteiger partial charge in [0.05, 0.1) is 0 Å². The first-order chi connectivity index (χ1) is 9.96. The van der Waals surface area contributed by atoms with Crippen LogP contribution in [0.5, 0.6) is 5.75 Å². The standard InChI is InChI=1S/C16H20F3NO/c1-2-20-9-14-13(15(14)10-20)7-6-11-4-3-5-12(8-11)21-16(17,18)19/h3-5,8,13-15H,2,6-7,9-10H2,1H3. The third-order valence-electron chi connectivity index (χ3n) is 4.79. The minimum Gasteiger partial charge on any atom is -0.406 e. The van der Waals surface area contributed by atoms with Crippen LogP contribution in [-0.4, -0.2) is 30.9 Å². The van der Waals surface area contributed by atoms with E-state index >= 15 is 0 Å². The lowest BCUT2D eigenvalue weighted by atomic mass is 10.0. The number of nitrogens with zero attached hydrogens (tertiary/aromatic N) is 1. The Morgan fingerprint density at radius 2 is 1.95 bits per heavy atom. The van der Waals surface area contributed by atoms with Crippen LogP contribution in [0, 0.1) is 17.8 Å². The van der Waals surface area contributed by atoms with Crippen molar-refractivity contribution in [2.75, 3.05) is 19.6 Å². The van der Waals surface area contributed by atoms with E-state index in [1.165, 1.54) is 25.2 Å². The predicted octanol–water partition coefficient (Wildman–Crippen LogP) is 3.72. The minimum atomic E-state index is -4.62. The number of ether oxygens (including phenoxy) is 1. The first-order valence-corrected chi connectivity index (χ1v) is 7.53. The monoisotopic (exact) mass is 299 g/mol. The van der Waals surface area contributed by atoms with Gasteiger partial charge in [0, 0.05) is 13.1 Å². The molecule has 0 N–H and O–H groups in total. The Balaban J connectivity index is 1.50. The zero-order chi connectivity index (χ0) is 15.0. The highest BCUT2D eigenvalue weighted by Crippen LogP contribution is 2.53. The number of aryl methyl sites for hydroxylation is 1. The van der Waals surface area contributed by atoms with Crippen molar-refractivity contribution in [3.05, 3.63) is 29.8 Å². The predicted molar refractivity (Wildman–Crippen MR) is 74.0 cm³/mol. The molecule has 2 fully saturated rings. The Hall–Kier alpha value is -1.23. The molecule has 0 radical (unpaired) electrons. The normalized spacial score (nSPS) is 28.5. The number of halogens is 3. The van der Waals surface area contributed by atoms with E-state index in [9.17, 15) is 13.2 Å². The van der Waals surface area contributed by atoms with Gasteiger partial charge in [-0.3, -0.25) is 0 Å². The van der Waals surface area contributed by atoms with Crippen LogP contribution < -0.4 is 4.74 Å². The van der Waals surface area contributed by atoms with Crippen LogP contribution in [0.3, 0.4) is 0 Å². The summed E-state index contributed by atoms with van der Waals surface area (Å²) in [5.41, 5.74) is 0.925. The third-order valence-corrected chi connectivity index (χ3v) is 4.79. The smallest absolute Gasteiger partial charge is 0.406 e. The molecule has 1 saturated heterocycles. The average Bonchev–Trinajstić information content (AvgIpc) is 2.87. The summed E-state index contributed by atoms with van der Waals surface area (Å²) in [5.74, 6) is 2.28. The van der Waals surface area contributed by atoms with Gasteiger partial charge in [0.15, 0.2) is 0 Å². The lowest BCUT2D eigenvalue weighted by Crippen LogP contribution is -2.24. The number of alkyl halides is 3. The number of hydrogen-bond acceptors (Lipinski definition) is 2. The summed E-state index contributed by atoms with van der Waals surface area (Å²) in [6, 6.07) is 6.36. The number of rotatable bonds is 5.